The highest BCUT2D eigenvalue weighted by atomic mass is 16.2. The third-order valence-corrected chi connectivity index (χ3v) is 5.82. The van der Waals surface area contributed by atoms with Crippen LogP contribution in [0.1, 0.15) is 61.6 Å². The molecule has 0 saturated heterocycles. The molecule has 3 heteroatoms. The van der Waals surface area contributed by atoms with Crippen molar-refractivity contribution >= 4 is 5.91 Å². The van der Waals surface area contributed by atoms with E-state index >= 15 is 0 Å². The Balaban J connectivity index is 1.46. The summed E-state index contributed by atoms with van der Waals surface area (Å²) in [7, 11) is 0. The molecule has 0 aliphatic heterocycles. The number of carbonyl (C=O) groups excluding carboxylic acids is 1. The van der Waals surface area contributed by atoms with Crippen LogP contribution in [0.3, 0.4) is 0 Å². The molecule has 1 N–H and O–H groups in total. The summed E-state index contributed by atoms with van der Waals surface area (Å²) >= 11 is 0. The van der Waals surface area contributed by atoms with E-state index in [4.69, 9.17) is 0 Å². The number of rotatable bonds is 5. The number of carbonyl (C=O) groups is 1. The summed E-state index contributed by atoms with van der Waals surface area (Å²) in [5, 5.41) is 3.41. The summed E-state index contributed by atoms with van der Waals surface area (Å²) in [6.07, 6.45) is 11.0. The predicted molar refractivity (Wildman–Crippen MR) is 99.0 cm³/mol. The molecule has 0 bridgehead atoms. The molecule has 3 atom stereocenters. The molecule has 2 aliphatic rings. The molecule has 0 unspecified atom stereocenters. The second-order valence-electron chi connectivity index (χ2n) is 7.53. The first-order valence-electron chi connectivity index (χ1n) is 9.58. The molecule has 25 heavy (non-hydrogen) atoms. The van der Waals surface area contributed by atoms with Crippen LogP contribution >= 0.6 is 0 Å². The van der Waals surface area contributed by atoms with Crippen LogP contribution in [0.4, 0.5) is 0 Å². The summed E-state index contributed by atoms with van der Waals surface area (Å²) < 4.78 is 0. The molecule has 1 aromatic heterocycles. The van der Waals surface area contributed by atoms with Crippen molar-refractivity contribution in [3.8, 4) is 0 Å². The second kappa shape index (κ2) is 7.38. The second-order valence-corrected chi connectivity index (χ2v) is 7.53. The Labute approximate surface area is 149 Å². The molecule has 2 saturated carbocycles. The molecule has 3 nitrogen and oxygen atoms in total. The lowest BCUT2D eigenvalue weighted by Gasteiger charge is -2.31. The third kappa shape index (κ3) is 3.76. The number of pyridine rings is 1. The van der Waals surface area contributed by atoms with Crippen LogP contribution < -0.4 is 5.32 Å². The number of benzene rings is 1. The van der Waals surface area contributed by atoms with Gasteiger partial charge >= 0.3 is 0 Å². The Kier molecular flexibility index (Phi) is 4.82. The average Bonchev–Trinajstić information content (AvgIpc) is 3.49. The first-order chi connectivity index (χ1) is 12.3. The first kappa shape index (κ1) is 16.3. The van der Waals surface area contributed by atoms with Gasteiger partial charge in [0.2, 0.25) is 5.91 Å². The molecule has 4 rings (SSSR count). The maximum Gasteiger partial charge on any atom is 0.224 e. The van der Waals surface area contributed by atoms with Crippen LogP contribution in [0.15, 0.2) is 54.9 Å². The van der Waals surface area contributed by atoms with Gasteiger partial charge in [-0.25, -0.2) is 0 Å². The predicted octanol–water partition coefficient (Wildman–Crippen LogP) is 4.62. The van der Waals surface area contributed by atoms with E-state index < -0.39 is 0 Å². The van der Waals surface area contributed by atoms with Crippen molar-refractivity contribution in [3.05, 3.63) is 66.0 Å². The fraction of sp³-hybridized carbons (Fsp3) is 0.455. The van der Waals surface area contributed by atoms with Gasteiger partial charge in [-0.15, -0.1) is 0 Å². The topological polar surface area (TPSA) is 42.0 Å². The average molecular weight is 334 g/mol. The van der Waals surface area contributed by atoms with Crippen LogP contribution in [-0.2, 0) is 4.79 Å². The van der Waals surface area contributed by atoms with Gasteiger partial charge in [0.15, 0.2) is 0 Å². The van der Waals surface area contributed by atoms with Gasteiger partial charge in [0.1, 0.15) is 0 Å². The van der Waals surface area contributed by atoms with Crippen molar-refractivity contribution in [2.24, 2.45) is 11.8 Å². The molecule has 2 fully saturated rings. The maximum atomic E-state index is 12.9. The maximum absolute atomic E-state index is 12.9. The lowest BCUT2D eigenvalue weighted by atomic mass is 9.81. The highest BCUT2D eigenvalue weighted by molar-refractivity contribution is 5.83. The summed E-state index contributed by atoms with van der Waals surface area (Å²) in [5.74, 6) is 1.24. The van der Waals surface area contributed by atoms with E-state index in [2.05, 4.69) is 40.6 Å². The number of nitrogens with zero attached hydrogens (tertiary/aromatic N) is 1. The molecule has 1 heterocycles. The Hall–Kier alpha value is -2.16. The minimum absolute atomic E-state index is 0.110. The summed E-state index contributed by atoms with van der Waals surface area (Å²) in [6, 6.07) is 14.7. The largest absolute Gasteiger partial charge is 0.349 e. The van der Waals surface area contributed by atoms with E-state index in [9.17, 15) is 4.79 Å². The van der Waals surface area contributed by atoms with E-state index in [0.717, 1.165) is 6.42 Å². The lowest BCUT2D eigenvalue weighted by Crippen LogP contribution is -2.35. The van der Waals surface area contributed by atoms with E-state index in [-0.39, 0.29) is 17.9 Å². The van der Waals surface area contributed by atoms with Crippen molar-refractivity contribution in [1.29, 1.82) is 0 Å². The van der Waals surface area contributed by atoms with Crippen molar-refractivity contribution in [1.82, 2.24) is 10.3 Å². The van der Waals surface area contributed by atoms with Gasteiger partial charge in [0.25, 0.3) is 0 Å². The van der Waals surface area contributed by atoms with E-state index in [1.807, 2.05) is 18.3 Å². The molecule has 0 spiro atoms. The first-order valence-corrected chi connectivity index (χ1v) is 9.58. The van der Waals surface area contributed by atoms with E-state index in [0.29, 0.717) is 11.8 Å². The lowest BCUT2D eigenvalue weighted by molar-refractivity contribution is -0.123. The van der Waals surface area contributed by atoms with Crippen LogP contribution in [0, 0.1) is 11.8 Å². The van der Waals surface area contributed by atoms with Gasteiger partial charge in [-0.05, 0) is 48.3 Å². The van der Waals surface area contributed by atoms with Gasteiger partial charge in [-0.2, -0.15) is 0 Å². The SMILES string of the molecule is O=C(N[C@H](c1ccccc1)C1CCCCC1)[C@@H]1C[C@H]1c1cccnc1. The standard InChI is InChI=1S/C22H26N2O/c25-22(20-14-19(20)18-12-7-13-23-15-18)24-21(16-8-3-1-4-9-16)17-10-5-2-6-11-17/h1,3-4,7-9,12-13,15,17,19-21H,2,5-6,10-11,14H2,(H,24,25)/t19-,20+,21+/m0/s1. The number of hydrogen-bond donors (Lipinski definition) is 1. The van der Waals surface area contributed by atoms with Crippen molar-refractivity contribution < 1.29 is 4.79 Å². The van der Waals surface area contributed by atoms with Crippen molar-refractivity contribution in [3.63, 3.8) is 0 Å². The van der Waals surface area contributed by atoms with Crippen LogP contribution in [0.25, 0.3) is 0 Å². The Bertz CT molecular complexity index is 694. The molecule has 1 amide bonds. The zero-order valence-corrected chi connectivity index (χ0v) is 14.6. The number of hydrogen-bond acceptors (Lipinski definition) is 2. The van der Waals surface area contributed by atoms with Gasteiger partial charge in [0, 0.05) is 18.3 Å². The smallest absolute Gasteiger partial charge is 0.224 e. The minimum Gasteiger partial charge on any atom is -0.349 e. The highest BCUT2D eigenvalue weighted by Gasteiger charge is 2.45. The monoisotopic (exact) mass is 334 g/mol. The van der Waals surface area contributed by atoms with Gasteiger partial charge in [-0.3, -0.25) is 9.78 Å². The summed E-state index contributed by atoms with van der Waals surface area (Å²) in [5.41, 5.74) is 2.44. The van der Waals surface area contributed by atoms with Crippen molar-refractivity contribution in [2.75, 3.05) is 0 Å². The van der Waals surface area contributed by atoms with Gasteiger partial charge < -0.3 is 5.32 Å². The third-order valence-electron chi connectivity index (χ3n) is 5.82. The molecule has 1 aromatic carbocycles. The minimum atomic E-state index is 0.110. The Morgan fingerprint density at radius 3 is 2.56 bits per heavy atom. The number of amides is 1. The van der Waals surface area contributed by atoms with Crippen molar-refractivity contribution in [2.45, 2.75) is 50.5 Å². The zero-order chi connectivity index (χ0) is 17.1. The molecule has 0 radical (unpaired) electrons. The number of nitrogens with one attached hydrogen (secondary N) is 1. The van der Waals surface area contributed by atoms with Crippen LogP contribution in [-0.4, -0.2) is 10.9 Å². The molecule has 2 aromatic rings. The summed E-state index contributed by atoms with van der Waals surface area (Å²) in [6.45, 7) is 0. The molecule has 2 aliphatic carbocycles. The molecular formula is C22H26N2O. The highest BCUT2D eigenvalue weighted by Crippen LogP contribution is 2.48. The quantitative estimate of drug-likeness (QED) is 0.866. The fourth-order valence-electron chi connectivity index (χ4n) is 4.31. The summed E-state index contributed by atoms with van der Waals surface area (Å²) in [4.78, 5) is 17.1. The van der Waals surface area contributed by atoms with E-state index in [1.165, 1.54) is 43.2 Å². The Morgan fingerprint density at radius 1 is 1.04 bits per heavy atom. The molecule has 130 valence electrons. The van der Waals surface area contributed by atoms with Gasteiger partial charge in [0.05, 0.1) is 6.04 Å². The zero-order valence-electron chi connectivity index (χ0n) is 14.6. The molecular weight excluding hydrogens is 308 g/mol. The van der Waals surface area contributed by atoms with Crippen LogP contribution in [0.5, 0.6) is 0 Å². The Morgan fingerprint density at radius 2 is 1.84 bits per heavy atom. The van der Waals surface area contributed by atoms with Gasteiger partial charge in [-0.1, -0.05) is 55.7 Å². The fourth-order valence-corrected chi connectivity index (χ4v) is 4.31. The van der Waals surface area contributed by atoms with E-state index in [1.54, 1.807) is 6.20 Å². The van der Waals surface area contributed by atoms with Crippen LogP contribution in [0.2, 0.25) is 0 Å². The normalized spacial score (nSPS) is 24.5. The number of aromatic nitrogens is 1.